The molecule has 0 aromatic rings. The number of hydrogen-bond acceptors (Lipinski definition) is 3. The summed E-state index contributed by atoms with van der Waals surface area (Å²) < 4.78 is 0. The number of carboxylic acid groups (broad SMARTS) is 1. The fourth-order valence-electron chi connectivity index (χ4n) is 2.01. The smallest absolute Gasteiger partial charge is 0.307 e. The molecular weight excluding hydrogens is 212 g/mol. The average Bonchev–Trinajstić information content (AvgIpc) is 2.65. The van der Waals surface area contributed by atoms with Crippen molar-refractivity contribution in [1.82, 2.24) is 5.32 Å². The molecule has 0 bridgehead atoms. The second-order valence-corrected chi connectivity index (χ2v) is 3.99. The first-order valence-electron chi connectivity index (χ1n) is 5.31. The van der Waals surface area contributed by atoms with Crippen molar-refractivity contribution in [3.63, 3.8) is 0 Å². The number of rotatable bonds is 5. The molecule has 90 valence electrons. The molecule has 0 spiro atoms. The molecule has 0 aromatic carbocycles. The van der Waals surface area contributed by atoms with Gasteiger partial charge in [0.25, 0.3) is 0 Å². The molecule has 1 fully saturated rings. The third-order valence-corrected chi connectivity index (χ3v) is 2.84. The van der Waals surface area contributed by atoms with Crippen molar-refractivity contribution in [2.75, 3.05) is 6.54 Å². The SMILES string of the molecule is NC(=O)CCNC(=O)[C@@H]1CCC[C@@H]1C(=O)O. The van der Waals surface area contributed by atoms with E-state index in [0.717, 1.165) is 6.42 Å². The predicted molar refractivity (Wildman–Crippen MR) is 55.3 cm³/mol. The van der Waals surface area contributed by atoms with E-state index >= 15 is 0 Å². The van der Waals surface area contributed by atoms with Gasteiger partial charge in [0.05, 0.1) is 11.8 Å². The molecule has 16 heavy (non-hydrogen) atoms. The molecule has 6 heteroatoms. The van der Waals surface area contributed by atoms with E-state index in [4.69, 9.17) is 10.8 Å². The second kappa shape index (κ2) is 5.48. The quantitative estimate of drug-likeness (QED) is 0.588. The van der Waals surface area contributed by atoms with Crippen molar-refractivity contribution in [2.24, 2.45) is 17.6 Å². The zero-order valence-corrected chi connectivity index (χ0v) is 8.94. The molecule has 1 rings (SSSR count). The van der Waals surface area contributed by atoms with Crippen LogP contribution in [0, 0.1) is 11.8 Å². The Morgan fingerprint density at radius 3 is 2.44 bits per heavy atom. The third kappa shape index (κ3) is 3.22. The van der Waals surface area contributed by atoms with Crippen LogP contribution in [-0.2, 0) is 14.4 Å². The lowest BCUT2D eigenvalue weighted by atomic mass is 9.95. The minimum absolute atomic E-state index is 0.0796. The van der Waals surface area contributed by atoms with Gasteiger partial charge in [0.15, 0.2) is 0 Å². The standard InChI is InChI=1S/C10H16N2O4/c11-8(13)4-5-12-9(14)6-2-1-3-7(6)10(15)16/h6-7H,1-5H2,(H2,11,13)(H,12,14)(H,15,16)/t6-,7+/m1/s1. The van der Waals surface area contributed by atoms with E-state index in [9.17, 15) is 14.4 Å². The maximum atomic E-state index is 11.6. The number of aliphatic carboxylic acids is 1. The molecule has 0 unspecified atom stereocenters. The zero-order valence-electron chi connectivity index (χ0n) is 8.94. The Bertz CT molecular complexity index is 303. The van der Waals surface area contributed by atoms with Gasteiger partial charge in [-0.15, -0.1) is 0 Å². The topological polar surface area (TPSA) is 109 Å². The minimum Gasteiger partial charge on any atom is -0.481 e. The molecule has 1 saturated carbocycles. The maximum absolute atomic E-state index is 11.6. The highest BCUT2D eigenvalue weighted by atomic mass is 16.4. The Morgan fingerprint density at radius 2 is 1.88 bits per heavy atom. The van der Waals surface area contributed by atoms with Gasteiger partial charge in [-0.2, -0.15) is 0 Å². The van der Waals surface area contributed by atoms with E-state index in [-0.39, 0.29) is 18.9 Å². The van der Waals surface area contributed by atoms with E-state index in [1.54, 1.807) is 0 Å². The van der Waals surface area contributed by atoms with Crippen molar-refractivity contribution in [2.45, 2.75) is 25.7 Å². The monoisotopic (exact) mass is 228 g/mol. The molecule has 2 atom stereocenters. The van der Waals surface area contributed by atoms with Gasteiger partial charge < -0.3 is 16.2 Å². The Balaban J connectivity index is 2.41. The zero-order chi connectivity index (χ0) is 12.1. The molecule has 6 nitrogen and oxygen atoms in total. The minimum atomic E-state index is -0.924. The highest BCUT2D eigenvalue weighted by Crippen LogP contribution is 2.31. The fraction of sp³-hybridized carbons (Fsp3) is 0.700. The van der Waals surface area contributed by atoms with Gasteiger partial charge >= 0.3 is 5.97 Å². The van der Waals surface area contributed by atoms with Crippen LogP contribution in [0.4, 0.5) is 0 Å². The van der Waals surface area contributed by atoms with Crippen LogP contribution in [0.15, 0.2) is 0 Å². The highest BCUT2D eigenvalue weighted by molar-refractivity contribution is 5.85. The summed E-state index contributed by atoms with van der Waals surface area (Å²) in [5.41, 5.74) is 4.92. The summed E-state index contributed by atoms with van der Waals surface area (Å²) in [6.45, 7) is 0.178. The van der Waals surface area contributed by atoms with Crippen LogP contribution in [0.1, 0.15) is 25.7 Å². The van der Waals surface area contributed by atoms with Gasteiger partial charge in [-0.25, -0.2) is 0 Å². The number of carbonyl (C=O) groups is 3. The van der Waals surface area contributed by atoms with E-state index in [1.807, 2.05) is 0 Å². The van der Waals surface area contributed by atoms with Crippen LogP contribution in [0.5, 0.6) is 0 Å². The summed E-state index contributed by atoms with van der Waals surface area (Å²) in [6.07, 6.45) is 1.98. The summed E-state index contributed by atoms with van der Waals surface area (Å²) >= 11 is 0. The van der Waals surface area contributed by atoms with E-state index in [1.165, 1.54) is 0 Å². The number of carbonyl (C=O) groups excluding carboxylic acids is 2. The first-order valence-corrected chi connectivity index (χ1v) is 5.31. The Morgan fingerprint density at radius 1 is 1.25 bits per heavy atom. The van der Waals surface area contributed by atoms with Crippen LogP contribution >= 0.6 is 0 Å². The Labute approximate surface area is 93.2 Å². The van der Waals surface area contributed by atoms with Gasteiger partial charge in [0.1, 0.15) is 0 Å². The van der Waals surface area contributed by atoms with Crippen LogP contribution < -0.4 is 11.1 Å². The molecule has 1 aliphatic carbocycles. The number of amides is 2. The maximum Gasteiger partial charge on any atom is 0.307 e. The summed E-state index contributed by atoms with van der Waals surface area (Å²) in [5.74, 6) is -2.75. The van der Waals surface area contributed by atoms with Crippen LogP contribution in [-0.4, -0.2) is 29.4 Å². The van der Waals surface area contributed by atoms with E-state index in [2.05, 4.69) is 5.32 Å². The fourth-order valence-corrected chi connectivity index (χ4v) is 2.01. The first kappa shape index (κ1) is 12.5. The second-order valence-electron chi connectivity index (χ2n) is 3.99. The largest absolute Gasteiger partial charge is 0.481 e. The highest BCUT2D eigenvalue weighted by Gasteiger charge is 2.37. The molecule has 4 N–H and O–H groups in total. The molecular formula is C10H16N2O4. The van der Waals surface area contributed by atoms with Crippen molar-refractivity contribution in [3.05, 3.63) is 0 Å². The van der Waals surface area contributed by atoms with Crippen molar-refractivity contribution >= 4 is 17.8 Å². The van der Waals surface area contributed by atoms with E-state index < -0.39 is 23.7 Å². The molecule has 0 aromatic heterocycles. The summed E-state index contributed by atoms with van der Waals surface area (Å²) in [6, 6.07) is 0. The summed E-state index contributed by atoms with van der Waals surface area (Å²) in [7, 11) is 0. The van der Waals surface area contributed by atoms with E-state index in [0.29, 0.717) is 12.8 Å². The van der Waals surface area contributed by atoms with Crippen LogP contribution in [0.25, 0.3) is 0 Å². The summed E-state index contributed by atoms with van der Waals surface area (Å²) in [4.78, 5) is 32.9. The third-order valence-electron chi connectivity index (χ3n) is 2.84. The molecule has 0 saturated heterocycles. The molecule has 1 aliphatic rings. The Hall–Kier alpha value is -1.59. The first-order chi connectivity index (χ1) is 7.52. The number of primary amides is 1. The number of nitrogens with one attached hydrogen (secondary N) is 1. The van der Waals surface area contributed by atoms with Crippen molar-refractivity contribution < 1.29 is 19.5 Å². The van der Waals surface area contributed by atoms with Gasteiger partial charge in [-0.05, 0) is 12.8 Å². The molecule has 2 amide bonds. The number of nitrogens with two attached hydrogens (primary N) is 1. The van der Waals surface area contributed by atoms with Crippen LogP contribution in [0.2, 0.25) is 0 Å². The number of hydrogen-bond donors (Lipinski definition) is 3. The van der Waals surface area contributed by atoms with Gasteiger partial charge in [0, 0.05) is 13.0 Å². The Kier molecular flexibility index (Phi) is 4.28. The van der Waals surface area contributed by atoms with Crippen LogP contribution in [0.3, 0.4) is 0 Å². The normalized spacial score (nSPS) is 24.0. The lowest BCUT2D eigenvalue weighted by Gasteiger charge is -2.14. The molecule has 0 radical (unpaired) electrons. The lowest BCUT2D eigenvalue weighted by molar-refractivity contribution is -0.146. The van der Waals surface area contributed by atoms with Gasteiger partial charge in [-0.3, -0.25) is 14.4 Å². The summed E-state index contributed by atoms with van der Waals surface area (Å²) in [5, 5.41) is 11.4. The van der Waals surface area contributed by atoms with Crippen molar-refractivity contribution in [3.8, 4) is 0 Å². The molecule has 0 heterocycles. The average molecular weight is 228 g/mol. The predicted octanol–water partition coefficient (Wildman–Crippen LogP) is -0.521. The molecule has 0 aliphatic heterocycles. The lowest BCUT2D eigenvalue weighted by Crippen LogP contribution is -2.36. The van der Waals surface area contributed by atoms with Gasteiger partial charge in [0.2, 0.25) is 11.8 Å². The van der Waals surface area contributed by atoms with Gasteiger partial charge in [-0.1, -0.05) is 6.42 Å². The number of carboxylic acids is 1. The van der Waals surface area contributed by atoms with Crippen molar-refractivity contribution in [1.29, 1.82) is 0 Å².